The van der Waals surface area contributed by atoms with Gasteiger partial charge in [0.2, 0.25) is 5.91 Å². The number of benzene rings is 2. The number of aromatic nitrogens is 3. The van der Waals surface area contributed by atoms with Gasteiger partial charge in [0.05, 0.1) is 22.3 Å². The van der Waals surface area contributed by atoms with Crippen molar-refractivity contribution in [1.82, 2.24) is 20.1 Å². The highest BCUT2D eigenvalue weighted by Crippen LogP contribution is 2.23. The lowest BCUT2D eigenvalue weighted by Crippen LogP contribution is -2.24. The Kier molecular flexibility index (Phi) is 8.58. The molecule has 168 valence electrons. The van der Waals surface area contributed by atoms with Gasteiger partial charge in [-0.3, -0.25) is 9.59 Å². The summed E-state index contributed by atoms with van der Waals surface area (Å²) < 4.78 is 2.84. The number of aryl methyl sites for hydroxylation is 1. The minimum atomic E-state index is -0.299. The molecule has 0 saturated heterocycles. The first-order chi connectivity index (χ1) is 15.3. The number of carbonyl (C=O) groups is 2. The Bertz CT molecular complexity index is 1160. The summed E-state index contributed by atoms with van der Waals surface area (Å²) in [5, 5.41) is 15.3. The highest BCUT2D eigenvalue weighted by molar-refractivity contribution is 9.10. The highest BCUT2D eigenvalue weighted by Gasteiger charge is 2.15. The van der Waals surface area contributed by atoms with E-state index in [2.05, 4.69) is 36.8 Å². The quantitative estimate of drug-likeness (QED) is 0.366. The number of hydrogen-bond acceptors (Lipinski definition) is 5. The van der Waals surface area contributed by atoms with Crippen LogP contribution in [-0.2, 0) is 17.9 Å². The van der Waals surface area contributed by atoms with Crippen molar-refractivity contribution in [3.05, 3.63) is 67.9 Å². The molecule has 0 aliphatic carbocycles. The van der Waals surface area contributed by atoms with E-state index < -0.39 is 0 Å². The molecular formula is C21H20BrCl2N5O2S. The predicted molar refractivity (Wildman–Crippen MR) is 132 cm³/mol. The van der Waals surface area contributed by atoms with Crippen molar-refractivity contribution in [2.45, 2.75) is 32.1 Å². The van der Waals surface area contributed by atoms with E-state index in [1.54, 1.807) is 12.1 Å². The third-order valence-corrected chi connectivity index (χ3v) is 7.07. The molecule has 1 heterocycles. The fourth-order valence-corrected chi connectivity index (χ4v) is 4.19. The van der Waals surface area contributed by atoms with Crippen LogP contribution >= 0.6 is 50.9 Å². The van der Waals surface area contributed by atoms with Crippen LogP contribution in [0, 0.1) is 6.92 Å². The standard InChI is InChI=1S/C21H20BrCl2N5O2S/c1-3-29-18(10-25-20(31)13-4-7-16(23)17(24)9-13)27-28-21(29)32-11-19(30)26-14-5-6-15(22)12(2)8-14/h4-9H,3,10-11H2,1-2H3,(H,25,31)(H,26,30). The number of carbonyl (C=O) groups excluding carboxylic acids is 2. The van der Waals surface area contributed by atoms with Gasteiger partial charge in [0.15, 0.2) is 11.0 Å². The number of halogens is 3. The second-order valence-electron chi connectivity index (χ2n) is 6.76. The number of nitrogens with one attached hydrogen (secondary N) is 2. The van der Waals surface area contributed by atoms with Crippen LogP contribution in [0.15, 0.2) is 46.0 Å². The SMILES string of the molecule is CCn1c(CNC(=O)c2ccc(Cl)c(Cl)c2)nnc1SCC(=O)Nc1ccc(Br)c(C)c1. The maximum Gasteiger partial charge on any atom is 0.251 e. The van der Waals surface area contributed by atoms with Gasteiger partial charge in [-0.2, -0.15) is 0 Å². The summed E-state index contributed by atoms with van der Waals surface area (Å²) in [5.74, 6) is 0.333. The summed E-state index contributed by atoms with van der Waals surface area (Å²) in [6, 6.07) is 10.3. The molecule has 0 bridgehead atoms. The fourth-order valence-electron chi connectivity index (χ4n) is 2.82. The largest absolute Gasteiger partial charge is 0.345 e. The lowest BCUT2D eigenvalue weighted by molar-refractivity contribution is -0.113. The van der Waals surface area contributed by atoms with Gasteiger partial charge in [-0.1, -0.05) is 50.9 Å². The minimum absolute atomic E-state index is 0.142. The van der Waals surface area contributed by atoms with E-state index in [-0.39, 0.29) is 24.1 Å². The van der Waals surface area contributed by atoms with Crippen molar-refractivity contribution >= 4 is 68.4 Å². The van der Waals surface area contributed by atoms with E-state index in [4.69, 9.17) is 23.2 Å². The van der Waals surface area contributed by atoms with Gasteiger partial charge in [0, 0.05) is 22.3 Å². The summed E-state index contributed by atoms with van der Waals surface area (Å²) in [6.45, 7) is 4.69. The number of rotatable bonds is 8. The molecular weight excluding hydrogens is 537 g/mol. The van der Waals surface area contributed by atoms with E-state index in [1.807, 2.05) is 36.6 Å². The van der Waals surface area contributed by atoms with Crippen molar-refractivity contribution in [3.63, 3.8) is 0 Å². The Morgan fingerprint density at radius 2 is 1.91 bits per heavy atom. The van der Waals surface area contributed by atoms with Crippen LogP contribution in [0.5, 0.6) is 0 Å². The van der Waals surface area contributed by atoms with Gasteiger partial charge in [0.1, 0.15) is 0 Å². The Morgan fingerprint density at radius 1 is 1.12 bits per heavy atom. The Balaban J connectivity index is 1.57. The van der Waals surface area contributed by atoms with Crippen LogP contribution in [0.1, 0.15) is 28.7 Å². The topological polar surface area (TPSA) is 88.9 Å². The van der Waals surface area contributed by atoms with Crippen LogP contribution in [0.25, 0.3) is 0 Å². The fraction of sp³-hybridized carbons (Fsp3) is 0.238. The smallest absolute Gasteiger partial charge is 0.251 e. The molecule has 2 N–H and O–H groups in total. The summed E-state index contributed by atoms with van der Waals surface area (Å²) in [4.78, 5) is 24.7. The number of hydrogen-bond donors (Lipinski definition) is 2. The molecule has 0 atom stereocenters. The molecule has 2 amide bonds. The van der Waals surface area contributed by atoms with Crippen molar-refractivity contribution in [1.29, 1.82) is 0 Å². The monoisotopic (exact) mass is 555 g/mol. The molecule has 0 radical (unpaired) electrons. The van der Waals surface area contributed by atoms with Gasteiger partial charge in [-0.25, -0.2) is 0 Å². The first-order valence-electron chi connectivity index (χ1n) is 9.62. The van der Waals surface area contributed by atoms with Crippen LogP contribution in [0.4, 0.5) is 5.69 Å². The molecule has 1 aromatic heterocycles. The molecule has 0 spiro atoms. The third-order valence-electron chi connectivity index (χ3n) is 4.47. The highest BCUT2D eigenvalue weighted by atomic mass is 79.9. The molecule has 0 aliphatic heterocycles. The Hall–Kier alpha value is -2.07. The van der Waals surface area contributed by atoms with Gasteiger partial charge < -0.3 is 15.2 Å². The lowest BCUT2D eigenvalue weighted by atomic mass is 10.2. The molecule has 7 nitrogen and oxygen atoms in total. The molecule has 32 heavy (non-hydrogen) atoms. The summed E-state index contributed by atoms with van der Waals surface area (Å²) in [7, 11) is 0. The molecule has 0 aliphatic rings. The molecule has 0 saturated carbocycles. The minimum Gasteiger partial charge on any atom is -0.345 e. The van der Waals surface area contributed by atoms with E-state index in [1.165, 1.54) is 17.8 Å². The normalized spacial score (nSPS) is 10.8. The molecule has 0 fully saturated rings. The lowest BCUT2D eigenvalue weighted by Gasteiger charge is -2.09. The van der Waals surface area contributed by atoms with Gasteiger partial charge in [0.25, 0.3) is 5.91 Å². The van der Waals surface area contributed by atoms with E-state index >= 15 is 0 Å². The first-order valence-corrected chi connectivity index (χ1v) is 12.2. The predicted octanol–water partition coefficient (Wildman–Crippen LogP) is 5.34. The van der Waals surface area contributed by atoms with Crippen LogP contribution in [-0.4, -0.2) is 32.3 Å². The Morgan fingerprint density at radius 3 is 2.59 bits per heavy atom. The first kappa shape index (κ1) is 24.6. The average Bonchev–Trinajstić information content (AvgIpc) is 3.16. The maximum absolute atomic E-state index is 12.4. The molecule has 0 unspecified atom stereocenters. The zero-order valence-corrected chi connectivity index (χ0v) is 21.2. The van der Waals surface area contributed by atoms with E-state index in [0.717, 1.165) is 15.7 Å². The van der Waals surface area contributed by atoms with Crippen molar-refractivity contribution < 1.29 is 9.59 Å². The summed E-state index contributed by atoms with van der Waals surface area (Å²) in [6.07, 6.45) is 0. The van der Waals surface area contributed by atoms with Crippen LogP contribution in [0.3, 0.4) is 0 Å². The zero-order chi connectivity index (χ0) is 23.3. The van der Waals surface area contributed by atoms with Gasteiger partial charge in [-0.15, -0.1) is 10.2 Å². The number of amides is 2. The number of nitrogens with zero attached hydrogens (tertiary/aromatic N) is 3. The molecule has 11 heteroatoms. The van der Waals surface area contributed by atoms with E-state index in [9.17, 15) is 9.59 Å². The van der Waals surface area contributed by atoms with Crippen LogP contribution < -0.4 is 10.6 Å². The van der Waals surface area contributed by atoms with Gasteiger partial charge >= 0.3 is 0 Å². The van der Waals surface area contributed by atoms with Crippen LogP contribution in [0.2, 0.25) is 10.0 Å². The molecule has 2 aromatic carbocycles. The van der Waals surface area contributed by atoms with Crippen molar-refractivity contribution in [3.8, 4) is 0 Å². The van der Waals surface area contributed by atoms with E-state index in [0.29, 0.717) is 33.1 Å². The number of anilines is 1. The second kappa shape index (κ2) is 11.2. The number of thioether (sulfide) groups is 1. The second-order valence-corrected chi connectivity index (χ2v) is 9.37. The van der Waals surface area contributed by atoms with Gasteiger partial charge in [-0.05, 0) is 55.8 Å². The average molecular weight is 557 g/mol. The molecule has 3 rings (SSSR count). The Labute approximate surface area is 208 Å². The zero-order valence-electron chi connectivity index (χ0n) is 17.3. The summed E-state index contributed by atoms with van der Waals surface area (Å²) >= 11 is 16.6. The third kappa shape index (κ3) is 6.25. The van der Waals surface area contributed by atoms with Crippen molar-refractivity contribution in [2.24, 2.45) is 0 Å². The maximum atomic E-state index is 12.4. The van der Waals surface area contributed by atoms with Crippen molar-refractivity contribution in [2.75, 3.05) is 11.1 Å². The molecule has 3 aromatic rings. The summed E-state index contributed by atoms with van der Waals surface area (Å²) in [5.41, 5.74) is 2.17.